The van der Waals surface area contributed by atoms with Gasteiger partial charge in [0.1, 0.15) is 0 Å². The highest BCUT2D eigenvalue weighted by Crippen LogP contribution is 2.37. The van der Waals surface area contributed by atoms with Crippen LogP contribution in [-0.2, 0) is 20.9 Å². The van der Waals surface area contributed by atoms with Crippen molar-refractivity contribution in [3.8, 4) is 6.07 Å². The van der Waals surface area contributed by atoms with E-state index in [2.05, 4.69) is 6.07 Å². The first-order valence-corrected chi connectivity index (χ1v) is 9.09. The number of hydrogen-bond acceptors (Lipinski definition) is 4. The third kappa shape index (κ3) is 3.62. The largest absolute Gasteiger partial charge is 0.341 e. The fourth-order valence-electron chi connectivity index (χ4n) is 3.90. The van der Waals surface area contributed by atoms with E-state index < -0.39 is 0 Å². The lowest BCUT2D eigenvalue weighted by Crippen LogP contribution is -2.36. The van der Waals surface area contributed by atoms with E-state index in [9.17, 15) is 14.4 Å². The van der Waals surface area contributed by atoms with E-state index in [1.807, 2.05) is 12.1 Å². The Bertz CT molecular complexity index is 727. The number of likely N-dealkylation sites (tertiary alicyclic amines) is 1. The van der Waals surface area contributed by atoms with Crippen LogP contribution in [0.2, 0.25) is 0 Å². The van der Waals surface area contributed by atoms with Crippen LogP contribution in [0.25, 0.3) is 0 Å². The molecule has 0 N–H and O–H groups in total. The standard InChI is InChI=1S/C20H23N3O3/c1-22(13-15-8-6-14(12-21)7-9-15)18(24)10-11-23-19(25)16-4-2-3-5-17(16)20(23)26/h6-9,16-17H,2-5,10-11,13H2,1H3. The molecule has 0 radical (unpaired) electrons. The smallest absolute Gasteiger partial charge is 0.233 e. The lowest BCUT2D eigenvalue weighted by atomic mass is 9.81. The number of rotatable bonds is 5. The molecular formula is C20H23N3O3. The number of amides is 3. The first kappa shape index (κ1) is 18.1. The van der Waals surface area contributed by atoms with Gasteiger partial charge in [-0.3, -0.25) is 19.3 Å². The van der Waals surface area contributed by atoms with Crippen LogP contribution in [-0.4, -0.2) is 41.1 Å². The first-order valence-electron chi connectivity index (χ1n) is 9.09. The van der Waals surface area contributed by atoms with Crippen molar-refractivity contribution in [2.24, 2.45) is 11.8 Å². The van der Waals surface area contributed by atoms with Crippen molar-refractivity contribution in [2.75, 3.05) is 13.6 Å². The number of nitrogens with zero attached hydrogens (tertiary/aromatic N) is 3. The van der Waals surface area contributed by atoms with Crippen LogP contribution in [0, 0.1) is 23.2 Å². The zero-order chi connectivity index (χ0) is 18.7. The summed E-state index contributed by atoms with van der Waals surface area (Å²) in [7, 11) is 1.70. The second-order valence-corrected chi connectivity index (χ2v) is 7.13. The van der Waals surface area contributed by atoms with Gasteiger partial charge in [0.25, 0.3) is 0 Å². The van der Waals surface area contributed by atoms with Crippen LogP contribution >= 0.6 is 0 Å². The fourth-order valence-corrected chi connectivity index (χ4v) is 3.90. The minimum atomic E-state index is -0.164. The Hall–Kier alpha value is -2.68. The first-order chi connectivity index (χ1) is 12.5. The summed E-state index contributed by atoms with van der Waals surface area (Å²) in [5.74, 6) is -0.625. The van der Waals surface area contributed by atoms with Gasteiger partial charge in [0.05, 0.1) is 23.5 Å². The third-order valence-corrected chi connectivity index (χ3v) is 5.41. The molecule has 3 amide bonds. The molecule has 0 aromatic heterocycles. The van der Waals surface area contributed by atoms with Crippen LogP contribution in [0.1, 0.15) is 43.2 Å². The van der Waals surface area contributed by atoms with E-state index in [0.29, 0.717) is 12.1 Å². The van der Waals surface area contributed by atoms with Gasteiger partial charge in [-0.2, -0.15) is 5.26 Å². The zero-order valence-corrected chi connectivity index (χ0v) is 15.0. The summed E-state index contributed by atoms with van der Waals surface area (Å²) in [5, 5.41) is 8.82. The van der Waals surface area contributed by atoms with E-state index in [-0.39, 0.29) is 42.5 Å². The third-order valence-electron chi connectivity index (χ3n) is 5.41. The van der Waals surface area contributed by atoms with E-state index >= 15 is 0 Å². The maximum Gasteiger partial charge on any atom is 0.233 e. The van der Waals surface area contributed by atoms with Gasteiger partial charge < -0.3 is 4.90 Å². The predicted molar refractivity (Wildman–Crippen MR) is 94.4 cm³/mol. The second-order valence-electron chi connectivity index (χ2n) is 7.13. The number of fused-ring (bicyclic) bond motifs is 1. The highest BCUT2D eigenvalue weighted by atomic mass is 16.2. The molecule has 6 heteroatoms. The quantitative estimate of drug-likeness (QED) is 0.759. The molecule has 2 unspecified atom stereocenters. The normalized spacial score (nSPS) is 22.1. The van der Waals surface area contributed by atoms with Crippen molar-refractivity contribution in [3.63, 3.8) is 0 Å². The van der Waals surface area contributed by atoms with E-state index in [4.69, 9.17) is 5.26 Å². The molecule has 1 heterocycles. The molecular weight excluding hydrogens is 330 g/mol. The summed E-state index contributed by atoms with van der Waals surface area (Å²) < 4.78 is 0. The topological polar surface area (TPSA) is 81.5 Å². The van der Waals surface area contributed by atoms with Gasteiger partial charge >= 0.3 is 0 Å². The summed E-state index contributed by atoms with van der Waals surface area (Å²) in [6.07, 6.45) is 3.72. The molecule has 1 saturated carbocycles. The van der Waals surface area contributed by atoms with Gasteiger partial charge in [0.15, 0.2) is 0 Å². The molecule has 2 fully saturated rings. The molecule has 1 saturated heterocycles. The van der Waals surface area contributed by atoms with Crippen molar-refractivity contribution in [1.82, 2.24) is 9.80 Å². The molecule has 1 aliphatic carbocycles. The molecule has 0 spiro atoms. The van der Waals surface area contributed by atoms with Crippen LogP contribution in [0.5, 0.6) is 0 Å². The molecule has 2 atom stereocenters. The highest BCUT2D eigenvalue weighted by molar-refractivity contribution is 6.05. The van der Waals surface area contributed by atoms with Gasteiger partial charge in [0, 0.05) is 26.6 Å². The Morgan fingerprint density at radius 3 is 2.27 bits per heavy atom. The average molecular weight is 353 g/mol. The Labute approximate surface area is 153 Å². The molecule has 3 rings (SSSR count). The molecule has 1 aromatic carbocycles. The second kappa shape index (κ2) is 7.69. The van der Waals surface area contributed by atoms with Crippen molar-refractivity contribution in [2.45, 2.75) is 38.6 Å². The van der Waals surface area contributed by atoms with Gasteiger partial charge in [-0.15, -0.1) is 0 Å². The van der Waals surface area contributed by atoms with Crippen LogP contribution < -0.4 is 0 Å². The Balaban J connectivity index is 1.53. The molecule has 2 aliphatic rings. The number of hydrogen-bond donors (Lipinski definition) is 0. The van der Waals surface area contributed by atoms with Crippen molar-refractivity contribution < 1.29 is 14.4 Å². The predicted octanol–water partition coefficient (Wildman–Crippen LogP) is 2.08. The Morgan fingerprint density at radius 2 is 1.73 bits per heavy atom. The Kier molecular flexibility index (Phi) is 5.36. The maximum atomic E-state index is 12.4. The van der Waals surface area contributed by atoms with Crippen molar-refractivity contribution in [1.29, 1.82) is 5.26 Å². The molecule has 1 aliphatic heterocycles. The zero-order valence-electron chi connectivity index (χ0n) is 15.0. The molecule has 1 aromatic rings. The van der Waals surface area contributed by atoms with Crippen LogP contribution in [0.3, 0.4) is 0 Å². The van der Waals surface area contributed by atoms with Crippen LogP contribution in [0.4, 0.5) is 0 Å². The number of nitriles is 1. The minimum Gasteiger partial charge on any atom is -0.341 e. The van der Waals surface area contributed by atoms with E-state index in [1.54, 1.807) is 24.1 Å². The summed E-state index contributed by atoms with van der Waals surface area (Å²) in [4.78, 5) is 40.1. The number of imide groups is 1. The maximum absolute atomic E-state index is 12.4. The van der Waals surface area contributed by atoms with Gasteiger partial charge in [-0.05, 0) is 30.5 Å². The lowest BCUT2D eigenvalue weighted by molar-refractivity contribution is -0.140. The summed E-state index contributed by atoms with van der Waals surface area (Å²) >= 11 is 0. The van der Waals surface area contributed by atoms with Gasteiger partial charge in [-0.25, -0.2) is 0 Å². The highest BCUT2D eigenvalue weighted by Gasteiger charge is 2.47. The fraction of sp³-hybridized carbons (Fsp3) is 0.500. The molecule has 6 nitrogen and oxygen atoms in total. The number of carbonyl (C=O) groups excluding carboxylic acids is 3. The van der Waals surface area contributed by atoms with E-state index in [0.717, 1.165) is 31.2 Å². The van der Waals surface area contributed by atoms with Crippen molar-refractivity contribution in [3.05, 3.63) is 35.4 Å². The summed E-state index contributed by atoms with van der Waals surface area (Å²) in [5.41, 5.74) is 1.51. The molecule has 0 bridgehead atoms. The van der Waals surface area contributed by atoms with Crippen LogP contribution in [0.15, 0.2) is 24.3 Å². The lowest BCUT2D eigenvalue weighted by Gasteiger charge is -2.20. The summed E-state index contributed by atoms with van der Waals surface area (Å²) in [6, 6.07) is 9.14. The Morgan fingerprint density at radius 1 is 1.15 bits per heavy atom. The monoisotopic (exact) mass is 353 g/mol. The minimum absolute atomic E-state index is 0.0951. The van der Waals surface area contributed by atoms with Gasteiger partial charge in [-0.1, -0.05) is 25.0 Å². The number of carbonyl (C=O) groups is 3. The van der Waals surface area contributed by atoms with Gasteiger partial charge in [0.2, 0.25) is 17.7 Å². The SMILES string of the molecule is CN(Cc1ccc(C#N)cc1)C(=O)CCN1C(=O)C2CCCCC2C1=O. The average Bonchev–Trinajstić information content (AvgIpc) is 2.91. The van der Waals surface area contributed by atoms with Crippen molar-refractivity contribution >= 4 is 17.7 Å². The molecule has 26 heavy (non-hydrogen) atoms. The number of benzene rings is 1. The molecule has 136 valence electrons. The summed E-state index contributed by atoms with van der Waals surface area (Å²) in [6.45, 7) is 0.596. The van der Waals surface area contributed by atoms with E-state index in [1.165, 1.54) is 4.90 Å².